The normalized spacial score (nSPS) is 21.0. The molecule has 0 spiro atoms. The van der Waals surface area contributed by atoms with Crippen LogP contribution in [0.15, 0.2) is 24.4 Å². The maximum absolute atomic E-state index is 11.7. The molecular formula is C19H24N6O3. The Morgan fingerprint density at radius 2 is 2.25 bits per heavy atom. The van der Waals surface area contributed by atoms with Crippen molar-refractivity contribution in [3.63, 3.8) is 0 Å². The second-order valence-electron chi connectivity index (χ2n) is 7.09. The van der Waals surface area contributed by atoms with Crippen LogP contribution in [-0.4, -0.2) is 46.3 Å². The highest BCUT2D eigenvalue weighted by atomic mass is 16.5. The first-order chi connectivity index (χ1) is 13.6. The number of rotatable bonds is 5. The summed E-state index contributed by atoms with van der Waals surface area (Å²) in [5.74, 6) is 0.940. The van der Waals surface area contributed by atoms with E-state index in [2.05, 4.69) is 25.9 Å². The number of aliphatic hydroxyl groups excluding tert-OH is 1. The van der Waals surface area contributed by atoms with Crippen LogP contribution in [0, 0.1) is 0 Å². The van der Waals surface area contributed by atoms with Gasteiger partial charge in [-0.3, -0.25) is 4.79 Å². The standard InChI is InChI=1S/C19H24N6O3/c20-17(27)14-10-22-19(25-18(14)23-11-2-4-13(26)8-11)24-12-3-5-16-15(9-12)21-6-1-7-28-16/h3,5,9-11,13,21,26H,1-2,4,6-8H2,(H2,20,27)(H2,22,23,24,25). The van der Waals surface area contributed by atoms with Crippen LogP contribution in [0.5, 0.6) is 5.75 Å². The Bertz CT molecular complexity index is 875. The predicted molar refractivity (Wildman–Crippen MR) is 106 cm³/mol. The molecule has 1 aliphatic carbocycles. The van der Waals surface area contributed by atoms with Crippen molar-refractivity contribution in [1.82, 2.24) is 9.97 Å². The lowest BCUT2D eigenvalue weighted by Gasteiger charge is -2.16. The summed E-state index contributed by atoms with van der Waals surface area (Å²) in [7, 11) is 0. The molecule has 1 aliphatic heterocycles. The summed E-state index contributed by atoms with van der Waals surface area (Å²) < 4.78 is 5.69. The predicted octanol–water partition coefficient (Wildman–Crippen LogP) is 1.84. The quantitative estimate of drug-likeness (QED) is 0.527. The fourth-order valence-electron chi connectivity index (χ4n) is 3.49. The number of carbonyl (C=O) groups is 1. The van der Waals surface area contributed by atoms with Crippen LogP contribution in [0.2, 0.25) is 0 Å². The van der Waals surface area contributed by atoms with E-state index in [1.807, 2.05) is 18.2 Å². The second-order valence-corrected chi connectivity index (χ2v) is 7.09. The SMILES string of the molecule is NC(=O)c1cnc(Nc2ccc3c(c2)NCCCO3)nc1NC1CCC(O)C1. The van der Waals surface area contributed by atoms with Crippen molar-refractivity contribution in [1.29, 1.82) is 0 Å². The zero-order valence-corrected chi connectivity index (χ0v) is 15.4. The molecule has 1 fully saturated rings. The van der Waals surface area contributed by atoms with Crippen LogP contribution in [0.1, 0.15) is 36.0 Å². The molecule has 0 radical (unpaired) electrons. The summed E-state index contributed by atoms with van der Waals surface area (Å²) in [5.41, 5.74) is 7.39. The van der Waals surface area contributed by atoms with Crippen molar-refractivity contribution in [2.24, 2.45) is 5.73 Å². The van der Waals surface area contributed by atoms with Crippen molar-refractivity contribution in [2.45, 2.75) is 37.8 Å². The van der Waals surface area contributed by atoms with E-state index in [0.717, 1.165) is 42.9 Å². The van der Waals surface area contributed by atoms with Gasteiger partial charge in [0.15, 0.2) is 0 Å². The van der Waals surface area contributed by atoms with Gasteiger partial charge in [0, 0.05) is 24.5 Å². The van der Waals surface area contributed by atoms with Gasteiger partial charge in [-0.15, -0.1) is 0 Å². The molecule has 1 aromatic carbocycles. The van der Waals surface area contributed by atoms with E-state index >= 15 is 0 Å². The van der Waals surface area contributed by atoms with Gasteiger partial charge in [0.1, 0.15) is 11.6 Å². The topological polar surface area (TPSA) is 134 Å². The van der Waals surface area contributed by atoms with Crippen molar-refractivity contribution in [2.75, 3.05) is 29.1 Å². The third-order valence-corrected chi connectivity index (χ3v) is 4.93. The number of aromatic nitrogens is 2. The van der Waals surface area contributed by atoms with Gasteiger partial charge in [0.25, 0.3) is 5.91 Å². The molecule has 2 heterocycles. The molecule has 9 heteroatoms. The lowest BCUT2D eigenvalue weighted by molar-refractivity contribution is 0.100. The largest absolute Gasteiger partial charge is 0.491 e. The first-order valence-corrected chi connectivity index (χ1v) is 9.47. The molecule has 0 saturated heterocycles. The van der Waals surface area contributed by atoms with Gasteiger partial charge in [-0.05, 0) is 43.9 Å². The number of nitrogens with one attached hydrogen (secondary N) is 3. The number of benzene rings is 1. The number of nitrogens with zero attached hydrogens (tertiary/aromatic N) is 2. The lowest BCUT2D eigenvalue weighted by Crippen LogP contribution is -2.22. The first kappa shape index (κ1) is 18.3. The maximum Gasteiger partial charge on any atom is 0.254 e. The van der Waals surface area contributed by atoms with E-state index in [1.165, 1.54) is 6.20 Å². The number of primary amides is 1. The Balaban J connectivity index is 1.55. The Kier molecular flexibility index (Phi) is 5.16. The fraction of sp³-hybridized carbons (Fsp3) is 0.421. The number of ether oxygens (including phenoxy) is 1. The van der Waals surface area contributed by atoms with Crippen molar-refractivity contribution < 1.29 is 14.6 Å². The van der Waals surface area contributed by atoms with Gasteiger partial charge in [-0.1, -0.05) is 0 Å². The van der Waals surface area contributed by atoms with Gasteiger partial charge in [0.2, 0.25) is 5.95 Å². The summed E-state index contributed by atoms with van der Waals surface area (Å²) in [6.45, 7) is 1.54. The van der Waals surface area contributed by atoms with Crippen molar-refractivity contribution in [3.8, 4) is 5.75 Å². The molecule has 148 valence electrons. The lowest BCUT2D eigenvalue weighted by atomic mass is 10.2. The molecule has 0 bridgehead atoms. The zero-order chi connectivity index (χ0) is 19.5. The smallest absolute Gasteiger partial charge is 0.254 e. The Morgan fingerprint density at radius 1 is 1.36 bits per heavy atom. The number of carbonyl (C=O) groups excluding carboxylic acids is 1. The number of aliphatic hydroxyl groups is 1. The van der Waals surface area contributed by atoms with Crippen LogP contribution in [-0.2, 0) is 0 Å². The number of hydrogen-bond acceptors (Lipinski definition) is 8. The maximum atomic E-state index is 11.7. The first-order valence-electron chi connectivity index (χ1n) is 9.47. The summed E-state index contributed by atoms with van der Waals surface area (Å²) in [6.07, 6.45) is 4.17. The van der Waals surface area contributed by atoms with E-state index < -0.39 is 5.91 Å². The molecule has 9 nitrogen and oxygen atoms in total. The minimum absolute atomic E-state index is 0.0460. The van der Waals surface area contributed by atoms with E-state index in [0.29, 0.717) is 24.8 Å². The van der Waals surface area contributed by atoms with Gasteiger partial charge in [-0.25, -0.2) is 4.98 Å². The van der Waals surface area contributed by atoms with E-state index in [4.69, 9.17) is 10.5 Å². The highest BCUT2D eigenvalue weighted by Crippen LogP contribution is 2.31. The Labute approximate surface area is 162 Å². The molecule has 2 atom stereocenters. The van der Waals surface area contributed by atoms with Crippen LogP contribution in [0.3, 0.4) is 0 Å². The summed E-state index contributed by atoms with van der Waals surface area (Å²) in [6, 6.07) is 5.77. The van der Waals surface area contributed by atoms with Crippen LogP contribution in [0.25, 0.3) is 0 Å². The number of anilines is 4. The zero-order valence-electron chi connectivity index (χ0n) is 15.4. The number of hydrogen-bond donors (Lipinski definition) is 5. The fourth-order valence-corrected chi connectivity index (χ4v) is 3.49. The number of fused-ring (bicyclic) bond motifs is 1. The van der Waals surface area contributed by atoms with Gasteiger partial charge < -0.3 is 31.5 Å². The van der Waals surface area contributed by atoms with E-state index in [-0.39, 0.29) is 17.7 Å². The average Bonchev–Trinajstić information content (AvgIpc) is 2.93. The minimum Gasteiger partial charge on any atom is -0.491 e. The van der Waals surface area contributed by atoms with E-state index in [9.17, 15) is 9.90 Å². The molecule has 28 heavy (non-hydrogen) atoms. The van der Waals surface area contributed by atoms with Crippen LogP contribution in [0.4, 0.5) is 23.1 Å². The summed E-state index contributed by atoms with van der Waals surface area (Å²) in [4.78, 5) is 20.4. The highest BCUT2D eigenvalue weighted by molar-refractivity contribution is 5.97. The third-order valence-electron chi connectivity index (χ3n) is 4.93. The monoisotopic (exact) mass is 384 g/mol. The molecular weight excluding hydrogens is 360 g/mol. The molecule has 1 amide bonds. The summed E-state index contributed by atoms with van der Waals surface area (Å²) in [5, 5.41) is 19.4. The number of nitrogens with two attached hydrogens (primary N) is 1. The Hall–Kier alpha value is -3.07. The third kappa shape index (κ3) is 4.09. The molecule has 1 saturated carbocycles. The van der Waals surface area contributed by atoms with Gasteiger partial charge >= 0.3 is 0 Å². The molecule has 6 N–H and O–H groups in total. The average molecular weight is 384 g/mol. The Morgan fingerprint density at radius 3 is 3.04 bits per heavy atom. The van der Waals surface area contributed by atoms with Gasteiger partial charge in [-0.2, -0.15) is 4.98 Å². The van der Waals surface area contributed by atoms with Crippen LogP contribution < -0.4 is 26.4 Å². The van der Waals surface area contributed by atoms with Crippen LogP contribution >= 0.6 is 0 Å². The van der Waals surface area contributed by atoms with Crippen molar-refractivity contribution >= 4 is 29.0 Å². The van der Waals surface area contributed by atoms with Crippen molar-refractivity contribution in [3.05, 3.63) is 30.0 Å². The van der Waals surface area contributed by atoms with Gasteiger partial charge in [0.05, 0.1) is 24.0 Å². The molecule has 1 aromatic heterocycles. The molecule has 2 aromatic rings. The number of amides is 1. The van der Waals surface area contributed by atoms with E-state index in [1.54, 1.807) is 0 Å². The molecule has 2 aliphatic rings. The highest BCUT2D eigenvalue weighted by Gasteiger charge is 2.24. The minimum atomic E-state index is -0.598. The molecule has 2 unspecified atom stereocenters. The molecule has 4 rings (SSSR count). The summed E-state index contributed by atoms with van der Waals surface area (Å²) >= 11 is 0. The second kappa shape index (κ2) is 7.89.